The summed E-state index contributed by atoms with van der Waals surface area (Å²) in [7, 11) is 0. The monoisotopic (exact) mass is 699 g/mol. The zero-order valence-electron chi connectivity index (χ0n) is 29.9. The molecule has 0 amide bonds. The van der Waals surface area contributed by atoms with E-state index in [2.05, 4.69) is 193 Å². The van der Waals surface area contributed by atoms with E-state index in [-0.39, 0.29) is 0 Å². The molecule has 0 saturated carbocycles. The molecule has 0 aliphatic carbocycles. The second kappa shape index (κ2) is 12.6. The summed E-state index contributed by atoms with van der Waals surface area (Å²) in [6, 6.07) is 71.4. The van der Waals surface area contributed by atoms with Gasteiger partial charge < -0.3 is 4.57 Å². The lowest BCUT2D eigenvalue weighted by Crippen LogP contribution is -1.97. The molecule has 0 spiro atoms. The van der Waals surface area contributed by atoms with Crippen molar-refractivity contribution in [1.82, 2.24) is 14.5 Å². The molecule has 3 nitrogen and oxygen atoms in total. The quantitative estimate of drug-likeness (QED) is 0.167. The molecule has 55 heavy (non-hydrogen) atoms. The van der Waals surface area contributed by atoms with Gasteiger partial charge in [0.05, 0.1) is 22.4 Å². The first-order valence-corrected chi connectivity index (χ1v) is 18.7. The molecule has 256 valence electrons. The van der Waals surface area contributed by atoms with E-state index in [9.17, 15) is 0 Å². The van der Waals surface area contributed by atoms with Crippen LogP contribution >= 0.6 is 0 Å². The third kappa shape index (κ3) is 5.13. The van der Waals surface area contributed by atoms with E-state index < -0.39 is 0 Å². The van der Waals surface area contributed by atoms with Crippen LogP contribution in [0.4, 0.5) is 0 Å². The van der Waals surface area contributed by atoms with Crippen molar-refractivity contribution in [1.29, 1.82) is 0 Å². The molecule has 2 aromatic heterocycles. The van der Waals surface area contributed by atoms with Crippen LogP contribution in [0.15, 0.2) is 200 Å². The maximum atomic E-state index is 5.21. The molecule has 11 rings (SSSR count). The lowest BCUT2D eigenvalue weighted by atomic mass is 9.93. The van der Waals surface area contributed by atoms with Crippen LogP contribution < -0.4 is 0 Å². The topological polar surface area (TPSA) is 30.7 Å². The fraction of sp³-hybridized carbons (Fsp3) is 0. The highest BCUT2D eigenvalue weighted by molar-refractivity contribution is 6.36. The molecule has 0 aliphatic heterocycles. The highest BCUT2D eigenvalue weighted by atomic mass is 15.0. The largest absolute Gasteiger partial charge is 0.309 e. The van der Waals surface area contributed by atoms with E-state index in [1.807, 2.05) is 12.1 Å². The fourth-order valence-corrected chi connectivity index (χ4v) is 8.44. The third-order valence-electron chi connectivity index (χ3n) is 11.0. The number of nitrogens with zero attached hydrogens (tertiary/aromatic N) is 3. The van der Waals surface area contributed by atoms with Crippen molar-refractivity contribution in [3.63, 3.8) is 0 Å². The Hall–Kier alpha value is -7.36. The van der Waals surface area contributed by atoms with E-state index in [1.54, 1.807) is 0 Å². The van der Waals surface area contributed by atoms with Crippen LogP contribution in [0.2, 0.25) is 0 Å². The Morgan fingerprint density at radius 1 is 0.327 bits per heavy atom. The van der Waals surface area contributed by atoms with Gasteiger partial charge in [-0.05, 0) is 63.0 Å². The van der Waals surface area contributed by atoms with Gasteiger partial charge >= 0.3 is 0 Å². The van der Waals surface area contributed by atoms with Gasteiger partial charge in [-0.3, -0.25) is 0 Å². The van der Waals surface area contributed by atoms with E-state index in [0.29, 0.717) is 5.82 Å². The van der Waals surface area contributed by atoms with Crippen LogP contribution in [-0.4, -0.2) is 14.5 Å². The molecule has 3 heteroatoms. The summed E-state index contributed by atoms with van der Waals surface area (Å²) in [4.78, 5) is 10.3. The highest BCUT2D eigenvalue weighted by Crippen LogP contribution is 2.45. The third-order valence-corrected chi connectivity index (χ3v) is 11.0. The zero-order valence-corrected chi connectivity index (χ0v) is 29.9. The van der Waals surface area contributed by atoms with Crippen molar-refractivity contribution in [3.8, 4) is 50.7 Å². The number of hydrogen-bond acceptors (Lipinski definition) is 2. The maximum Gasteiger partial charge on any atom is 0.160 e. The van der Waals surface area contributed by atoms with Crippen LogP contribution in [0.3, 0.4) is 0 Å². The minimum atomic E-state index is 0.700. The average Bonchev–Trinajstić information content (AvgIpc) is 3.62. The molecule has 0 fully saturated rings. The second-order valence-electron chi connectivity index (χ2n) is 14.2. The number of hydrogen-bond donors (Lipinski definition) is 0. The van der Waals surface area contributed by atoms with E-state index in [0.717, 1.165) is 39.3 Å². The molecule has 0 aliphatic rings. The van der Waals surface area contributed by atoms with Crippen LogP contribution in [0.1, 0.15) is 0 Å². The first-order valence-electron chi connectivity index (χ1n) is 18.7. The minimum absolute atomic E-state index is 0.700. The molecule has 2 heterocycles. The van der Waals surface area contributed by atoms with Crippen molar-refractivity contribution >= 4 is 54.1 Å². The van der Waals surface area contributed by atoms with E-state index in [1.165, 1.54) is 59.7 Å². The molecular formula is C52H33N3. The molecule has 0 unspecified atom stereocenters. The number of para-hydroxylation sites is 1. The Balaban J connectivity index is 1.11. The van der Waals surface area contributed by atoms with Crippen LogP contribution in [0.5, 0.6) is 0 Å². The Morgan fingerprint density at radius 3 is 1.67 bits per heavy atom. The number of aromatic nitrogens is 3. The van der Waals surface area contributed by atoms with Gasteiger partial charge in [0.2, 0.25) is 0 Å². The van der Waals surface area contributed by atoms with Crippen molar-refractivity contribution in [2.45, 2.75) is 0 Å². The number of benzene rings is 9. The van der Waals surface area contributed by atoms with Crippen molar-refractivity contribution < 1.29 is 0 Å². The first kappa shape index (κ1) is 31.2. The first-order chi connectivity index (χ1) is 27.3. The van der Waals surface area contributed by atoms with Gasteiger partial charge in [-0.1, -0.05) is 170 Å². The van der Waals surface area contributed by atoms with E-state index >= 15 is 0 Å². The number of rotatable bonds is 5. The van der Waals surface area contributed by atoms with Crippen LogP contribution in [-0.2, 0) is 0 Å². The Labute approximate surface area is 318 Å². The number of fused-ring (bicyclic) bond motifs is 10. The summed E-state index contributed by atoms with van der Waals surface area (Å²) in [5.41, 5.74) is 10.7. The van der Waals surface area contributed by atoms with Gasteiger partial charge in [-0.25, -0.2) is 9.97 Å². The Kier molecular flexibility index (Phi) is 7.17. The molecule has 0 atom stereocenters. The fourth-order valence-electron chi connectivity index (χ4n) is 8.44. The summed E-state index contributed by atoms with van der Waals surface area (Å²) in [6.45, 7) is 0. The van der Waals surface area contributed by atoms with E-state index in [4.69, 9.17) is 9.97 Å². The van der Waals surface area contributed by atoms with Crippen molar-refractivity contribution in [3.05, 3.63) is 200 Å². The standard InChI is InChI=1S/C52H33N3/c1-3-14-34(15-4-1)38-19-13-20-39(32-38)52-53-46(36-17-5-2-6-18-36)33-47(54-52)37-26-29-40(30-27-37)55-48-25-12-11-24-45(48)50-49-41-21-8-7-16-35(41)28-31-43(49)42-22-9-10-23-44(42)51(50)55/h1-33H. The summed E-state index contributed by atoms with van der Waals surface area (Å²) in [6.07, 6.45) is 0. The average molecular weight is 700 g/mol. The lowest BCUT2D eigenvalue weighted by Gasteiger charge is -2.14. The smallest absolute Gasteiger partial charge is 0.160 e. The van der Waals surface area contributed by atoms with Crippen LogP contribution in [0.25, 0.3) is 105 Å². The van der Waals surface area contributed by atoms with Gasteiger partial charge in [0.1, 0.15) is 0 Å². The van der Waals surface area contributed by atoms with Crippen LogP contribution in [0, 0.1) is 0 Å². The van der Waals surface area contributed by atoms with Crippen molar-refractivity contribution in [2.24, 2.45) is 0 Å². The normalized spacial score (nSPS) is 11.6. The minimum Gasteiger partial charge on any atom is -0.309 e. The SMILES string of the molecule is c1ccc(-c2cccc(-c3nc(-c4ccccc4)cc(-c4ccc(-n5c6ccccc6c6c7c8ccccc8ccc7c7ccccc7c65)cc4)n3)c2)cc1. The molecule has 0 bridgehead atoms. The Bertz CT molecular complexity index is 3230. The van der Waals surface area contributed by atoms with Gasteiger partial charge in [0, 0.05) is 43.9 Å². The Morgan fingerprint density at radius 2 is 0.909 bits per heavy atom. The second-order valence-corrected chi connectivity index (χ2v) is 14.2. The predicted molar refractivity (Wildman–Crippen MR) is 231 cm³/mol. The highest BCUT2D eigenvalue weighted by Gasteiger charge is 2.20. The van der Waals surface area contributed by atoms with Gasteiger partial charge in [0.25, 0.3) is 0 Å². The molecule has 11 aromatic rings. The predicted octanol–water partition coefficient (Wildman–Crippen LogP) is 13.7. The van der Waals surface area contributed by atoms with Gasteiger partial charge in [-0.15, -0.1) is 0 Å². The summed E-state index contributed by atoms with van der Waals surface area (Å²) in [5, 5.41) is 10.1. The summed E-state index contributed by atoms with van der Waals surface area (Å²) >= 11 is 0. The van der Waals surface area contributed by atoms with Crippen molar-refractivity contribution in [2.75, 3.05) is 0 Å². The van der Waals surface area contributed by atoms with Gasteiger partial charge in [-0.2, -0.15) is 0 Å². The zero-order chi connectivity index (χ0) is 36.3. The molecule has 0 N–H and O–H groups in total. The molecular weight excluding hydrogens is 667 g/mol. The maximum absolute atomic E-state index is 5.21. The molecule has 9 aromatic carbocycles. The molecule has 0 saturated heterocycles. The summed E-state index contributed by atoms with van der Waals surface area (Å²) in [5.74, 6) is 0.700. The lowest BCUT2D eigenvalue weighted by molar-refractivity contribution is 1.17. The molecule has 0 radical (unpaired) electrons. The van der Waals surface area contributed by atoms with Gasteiger partial charge in [0.15, 0.2) is 5.82 Å². The summed E-state index contributed by atoms with van der Waals surface area (Å²) < 4.78 is 2.45.